The second-order valence-electron chi connectivity index (χ2n) is 6.73. The van der Waals surface area contributed by atoms with Gasteiger partial charge in [0.15, 0.2) is 0 Å². The molecule has 25 heavy (non-hydrogen) atoms. The number of hydrogen-bond donors (Lipinski definition) is 1. The van der Waals surface area contributed by atoms with Gasteiger partial charge in [-0.25, -0.2) is 4.68 Å². The number of aromatic amines is 1. The van der Waals surface area contributed by atoms with Gasteiger partial charge in [-0.1, -0.05) is 0 Å². The van der Waals surface area contributed by atoms with E-state index in [1.165, 1.54) is 17.5 Å². The van der Waals surface area contributed by atoms with Gasteiger partial charge in [0.2, 0.25) is 0 Å². The molecule has 0 spiro atoms. The summed E-state index contributed by atoms with van der Waals surface area (Å²) in [5.74, 6) is 0.929. The molecule has 0 aliphatic carbocycles. The van der Waals surface area contributed by atoms with Crippen molar-refractivity contribution in [3.63, 3.8) is 0 Å². The van der Waals surface area contributed by atoms with Crippen LogP contribution >= 0.6 is 0 Å². The molecule has 0 radical (unpaired) electrons. The second-order valence-corrected chi connectivity index (χ2v) is 6.73. The molecule has 1 unspecified atom stereocenters. The molecule has 0 bridgehead atoms. The minimum Gasteiger partial charge on any atom is -0.493 e. The number of H-pyrrole nitrogens is 1. The van der Waals surface area contributed by atoms with Crippen LogP contribution in [0.25, 0.3) is 22.0 Å². The summed E-state index contributed by atoms with van der Waals surface area (Å²) in [4.78, 5) is 3.44. The van der Waals surface area contributed by atoms with Crippen LogP contribution in [0.3, 0.4) is 0 Å². The summed E-state index contributed by atoms with van der Waals surface area (Å²) in [6, 6.07) is 2.13. The number of nitrogens with one attached hydrogen (secondary N) is 1. The fourth-order valence-corrected chi connectivity index (χ4v) is 3.61. The predicted octanol–water partition coefficient (Wildman–Crippen LogP) is 4.75. The lowest BCUT2D eigenvalue weighted by molar-refractivity contribution is -0.0394. The molecule has 0 amide bonds. The number of benzene rings is 1. The SMILES string of the molecule is CCOc1cc(C)c(C)c2[nH]cc(-c3cnn(C4CCCCO4)c3)c12. The Morgan fingerprint density at radius 3 is 3.00 bits per heavy atom. The van der Waals surface area contributed by atoms with E-state index in [1.807, 2.05) is 17.8 Å². The van der Waals surface area contributed by atoms with Crippen LogP contribution in [-0.4, -0.2) is 28.0 Å². The van der Waals surface area contributed by atoms with Gasteiger partial charge in [-0.15, -0.1) is 0 Å². The van der Waals surface area contributed by atoms with Crippen molar-refractivity contribution in [1.29, 1.82) is 0 Å². The first-order chi connectivity index (χ1) is 12.2. The van der Waals surface area contributed by atoms with Gasteiger partial charge in [0.25, 0.3) is 0 Å². The maximum Gasteiger partial charge on any atom is 0.150 e. The van der Waals surface area contributed by atoms with Crippen molar-refractivity contribution >= 4 is 10.9 Å². The lowest BCUT2D eigenvalue weighted by Crippen LogP contribution is -2.18. The van der Waals surface area contributed by atoms with E-state index in [4.69, 9.17) is 9.47 Å². The molecular weight excluding hydrogens is 314 g/mol. The number of nitrogens with zero attached hydrogens (tertiary/aromatic N) is 2. The van der Waals surface area contributed by atoms with E-state index in [1.54, 1.807) is 0 Å². The van der Waals surface area contributed by atoms with E-state index in [0.717, 1.165) is 47.2 Å². The average Bonchev–Trinajstić information content (AvgIpc) is 3.27. The lowest BCUT2D eigenvalue weighted by atomic mass is 10.0. The van der Waals surface area contributed by atoms with Gasteiger partial charge < -0.3 is 14.5 Å². The number of fused-ring (bicyclic) bond motifs is 1. The molecule has 2 aromatic heterocycles. The smallest absolute Gasteiger partial charge is 0.150 e. The van der Waals surface area contributed by atoms with E-state index in [9.17, 15) is 0 Å². The predicted molar refractivity (Wildman–Crippen MR) is 99.0 cm³/mol. The third-order valence-corrected chi connectivity index (χ3v) is 5.10. The molecule has 3 aromatic rings. The average molecular weight is 339 g/mol. The Kier molecular flexibility index (Phi) is 4.25. The van der Waals surface area contributed by atoms with Crippen molar-refractivity contribution in [2.24, 2.45) is 0 Å². The minimum absolute atomic E-state index is 0.0584. The zero-order valence-corrected chi connectivity index (χ0v) is 15.1. The Balaban J connectivity index is 1.79. The largest absolute Gasteiger partial charge is 0.493 e. The molecule has 3 heterocycles. The summed E-state index contributed by atoms with van der Waals surface area (Å²) < 4.78 is 13.7. The first kappa shape index (κ1) is 16.2. The van der Waals surface area contributed by atoms with Crippen LogP contribution in [0.1, 0.15) is 43.5 Å². The van der Waals surface area contributed by atoms with Crippen molar-refractivity contribution in [3.8, 4) is 16.9 Å². The quantitative estimate of drug-likeness (QED) is 0.746. The molecule has 5 nitrogen and oxygen atoms in total. The fraction of sp³-hybridized carbons (Fsp3) is 0.450. The van der Waals surface area contributed by atoms with Gasteiger partial charge in [-0.2, -0.15) is 5.10 Å². The molecule has 132 valence electrons. The highest BCUT2D eigenvalue weighted by molar-refractivity contribution is 6.01. The highest BCUT2D eigenvalue weighted by Gasteiger charge is 2.19. The molecule has 1 saturated heterocycles. The zero-order chi connectivity index (χ0) is 17.4. The Morgan fingerprint density at radius 2 is 2.24 bits per heavy atom. The third-order valence-electron chi connectivity index (χ3n) is 5.10. The normalized spacial score (nSPS) is 18.0. The van der Waals surface area contributed by atoms with Crippen LogP contribution in [0.2, 0.25) is 0 Å². The molecule has 5 heteroatoms. The summed E-state index contributed by atoms with van der Waals surface area (Å²) >= 11 is 0. The summed E-state index contributed by atoms with van der Waals surface area (Å²) in [7, 11) is 0. The van der Waals surface area contributed by atoms with Gasteiger partial charge in [0.1, 0.15) is 12.0 Å². The van der Waals surface area contributed by atoms with Crippen LogP contribution in [0.4, 0.5) is 0 Å². The van der Waals surface area contributed by atoms with Crippen LogP contribution in [0, 0.1) is 13.8 Å². The Labute approximate surface area is 147 Å². The van der Waals surface area contributed by atoms with E-state index >= 15 is 0 Å². The van der Waals surface area contributed by atoms with Gasteiger partial charge in [0.05, 0.1) is 18.3 Å². The summed E-state index contributed by atoms with van der Waals surface area (Å²) in [5.41, 5.74) is 5.84. The number of aryl methyl sites for hydroxylation is 2. The van der Waals surface area contributed by atoms with Crippen molar-refractivity contribution < 1.29 is 9.47 Å². The zero-order valence-electron chi connectivity index (χ0n) is 15.1. The monoisotopic (exact) mass is 339 g/mol. The van der Waals surface area contributed by atoms with Crippen LogP contribution < -0.4 is 4.74 Å². The van der Waals surface area contributed by atoms with E-state index in [2.05, 4.69) is 42.4 Å². The Morgan fingerprint density at radius 1 is 1.36 bits per heavy atom. The summed E-state index contributed by atoms with van der Waals surface area (Å²) in [5, 5.41) is 5.69. The molecule has 1 N–H and O–H groups in total. The van der Waals surface area contributed by atoms with E-state index < -0.39 is 0 Å². The molecule has 1 aliphatic rings. The van der Waals surface area contributed by atoms with Crippen molar-refractivity contribution in [2.75, 3.05) is 13.2 Å². The standard InChI is InChI=1S/C20H25N3O2/c1-4-24-17-9-13(2)14(3)20-19(17)16(11-21-20)15-10-22-23(12-15)18-7-5-6-8-25-18/h9-12,18,21H,4-8H2,1-3H3. The van der Waals surface area contributed by atoms with Crippen LogP contribution in [0.15, 0.2) is 24.7 Å². The van der Waals surface area contributed by atoms with E-state index in [0.29, 0.717) is 6.61 Å². The Hall–Kier alpha value is -2.27. The highest BCUT2D eigenvalue weighted by atomic mass is 16.5. The molecular formula is C20H25N3O2. The van der Waals surface area contributed by atoms with Gasteiger partial charge in [-0.3, -0.25) is 0 Å². The first-order valence-corrected chi connectivity index (χ1v) is 9.09. The van der Waals surface area contributed by atoms with Gasteiger partial charge in [-0.05, 0) is 57.2 Å². The maximum absolute atomic E-state index is 5.93. The van der Waals surface area contributed by atoms with E-state index in [-0.39, 0.29) is 6.23 Å². The van der Waals surface area contributed by atoms with Gasteiger partial charge >= 0.3 is 0 Å². The molecule has 1 fully saturated rings. The molecule has 0 saturated carbocycles. The second kappa shape index (κ2) is 6.56. The van der Waals surface area contributed by atoms with Crippen LogP contribution in [-0.2, 0) is 4.74 Å². The molecule has 1 aliphatic heterocycles. The van der Waals surface area contributed by atoms with Crippen molar-refractivity contribution in [2.45, 2.75) is 46.3 Å². The highest BCUT2D eigenvalue weighted by Crippen LogP contribution is 2.38. The van der Waals surface area contributed by atoms with Crippen LogP contribution in [0.5, 0.6) is 5.75 Å². The molecule has 4 rings (SSSR count). The molecule has 1 atom stereocenters. The van der Waals surface area contributed by atoms with Gasteiger partial charge in [0, 0.05) is 35.5 Å². The lowest BCUT2D eigenvalue weighted by Gasteiger charge is -2.22. The fourth-order valence-electron chi connectivity index (χ4n) is 3.61. The summed E-state index contributed by atoms with van der Waals surface area (Å²) in [6.45, 7) is 7.76. The number of rotatable bonds is 4. The maximum atomic E-state index is 5.93. The first-order valence-electron chi connectivity index (χ1n) is 9.09. The Bertz CT molecular complexity index is 888. The number of ether oxygens (including phenoxy) is 2. The third kappa shape index (κ3) is 2.82. The minimum atomic E-state index is 0.0584. The molecule has 1 aromatic carbocycles. The van der Waals surface area contributed by atoms with Crippen molar-refractivity contribution in [1.82, 2.24) is 14.8 Å². The van der Waals surface area contributed by atoms with Crippen molar-refractivity contribution in [3.05, 3.63) is 35.8 Å². The number of aromatic nitrogens is 3. The number of hydrogen-bond acceptors (Lipinski definition) is 3. The topological polar surface area (TPSA) is 52.1 Å². The summed E-state index contributed by atoms with van der Waals surface area (Å²) in [6.07, 6.45) is 9.49.